The number of benzene rings is 3. The van der Waals surface area contributed by atoms with Crippen molar-refractivity contribution in [2.45, 2.75) is 70.7 Å². The minimum atomic E-state index is -1.68. The summed E-state index contributed by atoms with van der Waals surface area (Å²) in [6.45, 7) is 8.84. The molecule has 1 aliphatic heterocycles. The number of carbonyl (C=O) groups is 3. The lowest BCUT2D eigenvalue weighted by molar-refractivity contribution is -0.158. The molecule has 0 unspecified atom stereocenters. The number of rotatable bonds is 16. The number of esters is 1. The SMILES string of the molecule is CC(C)(C)OC(=O)[C@H](Cc1cccc(B(O)O)c1)NC(=O)[C@H](CCN1CCOCC1)NC(=O)CCc1cccc(OCc2ccccc2)c1. The van der Waals surface area contributed by atoms with E-state index in [0.29, 0.717) is 50.5 Å². The lowest BCUT2D eigenvalue weighted by atomic mass is 9.79. The van der Waals surface area contributed by atoms with Gasteiger partial charge >= 0.3 is 13.1 Å². The van der Waals surface area contributed by atoms with Crippen molar-refractivity contribution in [2.24, 2.45) is 0 Å². The van der Waals surface area contributed by atoms with Crippen LogP contribution in [-0.4, -0.2) is 90.4 Å². The summed E-state index contributed by atoms with van der Waals surface area (Å²) in [6, 6.07) is 22.0. The van der Waals surface area contributed by atoms with Crippen molar-refractivity contribution in [1.29, 1.82) is 0 Å². The maximum absolute atomic E-state index is 13.8. The van der Waals surface area contributed by atoms with Gasteiger partial charge in [0.25, 0.3) is 0 Å². The Labute approximate surface area is 289 Å². The quantitative estimate of drug-likeness (QED) is 0.133. The highest BCUT2D eigenvalue weighted by Gasteiger charge is 2.31. The predicted octanol–water partition coefficient (Wildman–Crippen LogP) is 2.15. The molecule has 0 saturated carbocycles. The van der Waals surface area contributed by atoms with Gasteiger partial charge in [-0.2, -0.15) is 0 Å². The van der Waals surface area contributed by atoms with Crippen LogP contribution in [0.15, 0.2) is 78.9 Å². The summed E-state index contributed by atoms with van der Waals surface area (Å²) >= 11 is 0. The molecule has 0 aliphatic carbocycles. The third-order valence-electron chi connectivity index (χ3n) is 7.97. The van der Waals surface area contributed by atoms with Crippen LogP contribution >= 0.6 is 0 Å². The molecular formula is C37H48BN3O8. The van der Waals surface area contributed by atoms with Crippen LogP contribution in [0.2, 0.25) is 0 Å². The van der Waals surface area contributed by atoms with Crippen molar-refractivity contribution in [1.82, 2.24) is 15.5 Å². The number of hydrogen-bond donors (Lipinski definition) is 4. The Bertz CT molecular complexity index is 1510. The first kappa shape index (κ1) is 37.6. The maximum atomic E-state index is 13.8. The van der Waals surface area contributed by atoms with Gasteiger partial charge in [0.1, 0.15) is 30.0 Å². The van der Waals surface area contributed by atoms with Gasteiger partial charge < -0.3 is 34.9 Å². The highest BCUT2D eigenvalue weighted by molar-refractivity contribution is 6.58. The molecule has 12 heteroatoms. The van der Waals surface area contributed by atoms with E-state index in [1.54, 1.807) is 45.0 Å². The number of amides is 2. The summed E-state index contributed by atoms with van der Waals surface area (Å²) in [7, 11) is -1.68. The Kier molecular flexibility index (Phi) is 14.2. The number of ether oxygens (including phenoxy) is 3. The third kappa shape index (κ3) is 13.3. The summed E-state index contributed by atoms with van der Waals surface area (Å²) in [4.78, 5) is 42.6. The van der Waals surface area contributed by atoms with Gasteiger partial charge in [0.2, 0.25) is 11.8 Å². The molecule has 0 bridgehead atoms. The third-order valence-corrected chi connectivity index (χ3v) is 7.97. The highest BCUT2D eigenvalue weighted by Crippen LogP contribution is 2.17. The average molecular weight is 674 g/mol. The fourth-order valence-electron chi connectivity index (χ4n) is 5.42. The van der Waals surface area contributed by atoms with Gasteiger partial charge in [-0.3, -0.25) is 14.5 Å². The normalized spacial score (nSPS) is 14.7. The zero-order valence-corrected chi connectivity index (χ0v) is 28.6. The van der Waals surface area contributed by atoms with Crippen molar-refractivity contribution < 1.29 is 38.6 Å². The average Bonchev–Trinajstić information content (AvgIpc) is 3.08. The Morgan fingerprint density at radius 2 is 1.57 bits per heavy atom. The molecule has 2 amide bonds. The number of aryl methyl sites for hydroxylation is 1. The van der Waals surface area contributed by atoms with Gasteiger partial charge in [-0.05, 0) is 67.9 Å². The second-order valence-corrected chi connectivity index (χ2v) is 13.2. The molecule has 262 valence electrons. The van der Waals surface area contributed by atoms with E-state index in [0.717, 1.165) is 24.2 Å². The molecule has 3 aromatic rings. The van der Waals surface area contributed by atoms with Crippen LogP contribution in [0.25, 0.3) is 0 Å². The van der Waals surface area contributed by atoms with E-state index >= 15 is 0 Å². The molecule has 4 rings (SSSR count). The zero-order chi connectivity index (χ0) is 35.2. The van der Waals surface area contributed by atoms with Crippen LogP contribution in [0.4, 0.5) is 0 Å². The van der Waals surface area contributed by atoms with Gasteiger partial charge in [-0.15, -0.1) is 0 Å². The van der Waals surface area contributed by atoms with Crippen LogP contribution in [0.3, 0.4) is 0 Å². The van der Waals surface area contributed by atoms with Crippen LogP contribution in [0, 0.1) is 0 Å². The Morgan fingerprint density at radius 1 is 0.878 bits per heavy atom. The molecule has 2 atom stereocenters. The summed E-state index contributed by atoms with van der Waals surface area (Å²) in [5.74, 6) is -0.733. The molecular weight excluding hydrogens is 625 g/mol. The van der Waals surface area contributed by atoms with E-state index in [1.165, 1.54) is 0 Å². The zero-order valence-electron chi connectivity index (χ0n) is 28.6. The molecule has 1 aliphatic rings. The number of nitrogens with zero attached hydrogens (tertiary/aromatic N) is 1. The molecule has 1 saturated heterocycles. The lowest BCUT2D eigenvalue weighted by Crippen LogP contribution is -2.54. The van der Waals surface area contributed by atoms with Crippen molar-refractivity contribution in [3.8, 4) is 5.75 Å². The molecule has 0 radical (unpaired) electrons. The van der Waals surface area contributed by atoms with Gasteiger partial charge in [-0.1, -0.05) is 66.7 Å². The second-order valence-electron chi connectivity index (χ2n) is 13.2. The highest BCUT2D eigenvalue weighted by atomic mass is 16.6. The van der Waals surface area contributed by atoms with Crippen LogP contribution in [0.5, 0.6) is 5.75 Å². The largest absolute Gasteiger partial charge is 0.489 e. The van der Waals surface area contributed by atoms with Gasteiger partial charge in [0.05, 0.1) is 13.2 Å². The van der Waals surface area contributed by atoms with Crippen LogP contribution < -0.4 is 20.8 Å². The lowest BCUT2D eigenvalue weighted by Gasteiger charge is -2.29. The minimum Gasteiger partial charge on any atom is -0.489 e. The first-order valence-corrected chi connectivity index (χ1v) is 16.8. The van der Waals surface area contributed by atoms with E-state index in [1.807, 2.05) is 54.6 Å². The molecule has 0 spiro atoms. The number of nitrogens with one attached hydrogen (secondary N) is 2. The van der Waals surface area contributed by atoms with E-state index in [-0.39, 0.29) is 24.2 Å². The molecule has 3 aromatic carbocycles. The number of morpholine rings is 1. The Hall–Kier alpha value is -4.23. The fourth-order valence-corrected chi connectivity index (χ4v) is 5.42. The Balaban J connectivity index is 1.43. The summed E-state index contributed by atoms with van der Waals surface area (Å²) in [6.07, 6.45) is 0.969. The van der Waals surface area contributed by atoms with Crippen LogP contribution in [0.1, 0.15) is 50.3 Å². The number of hydrogen-bond acceptors (Lipinski definition) is 9. The van der Waals surface area contributed by atoms with Gasteiger partial charge in [0, 0.05) is 32.5 Å². The molecule has 0 aromatic heterocycles. The molecule has 4 N–H and O–H groups in total. The summed E-state index contributed by atoms with van der Waals surface area (Å²) < 4.78 is 17.0. The van der Waals surface area contributed by atoms with Crippen molar-refractivity contribution in [3.63, 3.8) is 0 Å². The van der Waals surface area contributed by atoms with Crippen molar-refractivity contribution >= 4 is 30.4 Å². The van der Waals surface area contributed by atoms with E-state index in [9.17, 15) is 24.4 Å². The summed E-state index contributed by atoms with van der Waals surface area (Å²) in [5, 5.41) is 25.0. The molecule has 1 heterocycles. The first-order chi connectivity index (χ1) is 23.4. The predicted molar refractivity (Wildman–Crippen MR) is 187 cm³/mol. The smallest absolute Gasteiger partial charge is 0.488 e. The second kappa shape index (κ2) is 18.5. The molecule has 11 nitrogen and oxygen atoms in total. The van der Waals surface area contributed by atoms with E-state index in [2.05, 4.69) is 15.5 Å². The van der Waals surface area contributed by atoms with Crippen LogP contribution in [-0.2, 0) is 43.3 Å². The number of carbonyl (C=O) groups excluding carboxylic acids is 3. The Morgan fingerprint density at radius 3 is 2.29 bits per heavy atom. The van der Waals surface area contributed by atoms with E-state index < -0.39 is 36.7 Å². The standard InChI is InChI=1S/C37H48BN3O8/c1-37(2,3)49-36(44)33(25-29-12-7-13-30(23-29)38(45)46)40-35(43)32(17-18-41-19-21-47-22-20-41)39-34(42)16-15-27-11-8-14-31(24-27)48-26-28-9-5-4-6-10-28/h4-14,23-24,32-33,45-46H,15-22,25-26H2,1-3H3,(H,39,42)(H,40,43)/t32-,33-/m0/s1. The fraction of sp³-hybridized carbons (Fsp3) is 0.432. The maximum Gasteiger partial charge on any atom is 0.488 e. The first-order valence-electron chi connectivity index (χ1n) is 16.8. The topological polar surface area (TPSA) is 147 Å². The summed E-state index contributed by atoms with van der Waals surface area (Å²) in [5.41, 5.74) is 2.04. The van der Waals surface area contributed by atoms with Crippen molar-refractivity contribution in [3.05, 3.63) is 95.6 Å². The monoisotopic (exact) mass is 673 g/mol. The van der Waals surface area contributed by atoms with Gasteiger partial charge in [-0.25, -0.2) is 4.79 Å². The van der Waals surface area contributed by atoms with Crippen molar-refractivity contribution in [2.75, 3.05) is 32.8 Å². The molecule has 1 fully saturated rings. The van der Waals surface area contributed by atoms with Gasteiger partial charge in [0.15, 0.2) is 0 Å². The molecule has 49 heavy (non-hydrogen) atoms. The minimum absolute atomic E-state index is 0.0496. The van der Waals surface area contributed by atoms with E-state index in [4.69, 9.17) is 14.2 Å².